The lowest BCUT2D eigenvalue weighted by Crippen LogP contribution is -2.19. The van der Waals surface area contributed by atoms with Gasteiger partial charge in [0.1, 0.15) is 0 Å². The zero-order chi connectivity index (χ0) is 28.5. The fourth-order valence-electron chi connectivity index (χ4n) is 6.98. The van der Waals surface area contributed by atoms with Crippen LogP contribution in [0.3, 0.4) is 0 Å². The number of hydrogen-bond acceptors (Lipinski definition) is 3. The standard InChI is InChI=1S/C33H36N4O3/c1-7-19-15(3)23-12-25-17(5)21(9-10-30(39)40)32(36-25)22-11-29(38)31-18(6)26(37-33(22)31)14-28-20(8-2)16(4)24(35-28)13-27(19)34-23/h7,12-13,17,21,34-35,37H,1,8-11,14H2,2-6H3,(H,39,40)/t17-,21-/m0/s1. The van der Waals surface area contributed by atoms with Gasteiger partial charge in [-0.1, -0.05) is 26.5 Å². The van der Waals surface area contributed by atoms with Crippen molar-refractivity contribution < 1.29 is 14.7 Å². The Hall–Kier alpha value is -4.13. The molecule has 5 heterocycles. The lowest BCUT2D eigenvalue weighted by molar-refractivity contribution is -0.137. The molecule has 3 aliphatic rings. The number of nitrogens with one attached hydrogen (secondary N) is 3. The molecule has 0 amide bonds. The van der Waals surface area contributed by atoms with Crippen molar-refractivity contribution in [1.82, 2.24) is 15.0 Å². The molecule has 0 fully saturated rings. The first-order valence-electron chi connectivity index (χ1n) is 14.2. The average molecular weight is 537 g/mol. The number of aromatic amines is 3. The van der Waals surface area contributed by atoms with Crippen molar-refractivity contribution in [2.24, 2.45) is 16.8 Å². The Kier molecular flexibility index (Phi) is 6.21. The zero-order valence-electron chi connectivity index (χ0n) is 23.8. The molecule has 0 spiro atoms. The van der Waals surface area contributed by atoms with Gasteiger partial charge in [0.15, 0.2) is 5.78 Å². The van der Waals surface area contributed by atoms with Crippen molar-refractivity contribution in [2.75, 3.05) is 0 Å². The number of Topliss-reactive ketones (excluding diaryl/α,β-unsaturated/α-hetero) is 1. The number of carboxylic acids is 1. The highest BCUT2D eigenvalue weighted by Crippen LogP contribution is 2.45. The molecule has 0 radical (unpaired) electrons. The van der Waals surface area contributed by atoms with E-state index >= 15 is 0 Å². The van der Waals surface area contributed by atoms with Gasteiger partial charge in [-0.15, -0.1) is 0 Å². The van der Waals surface area contributed by atoms with E-state index in [0.717, 1.165) is 79.1 Å². The Morgan fingerprint density at radius 1 is 1.07 bits per heavy atom. The Bertz CT molecular complexity index is 1800. The molecule has 0 aromatic carbocycles. The minimum Gasteiger partial charge on any atom is -0.481 e. The van der Waals surface area contributed by atoms with Crippen molar-refractivity contribution in [2.45, 2.75) is 66.7 Å². The van der Waals surface area contributed by atoms with Gasteiger partial charge in [0.25, 0.3) is 0 Å². The highest BCUT2D eigenvalue weighted by Gasteiger charge is 2.39. The first-order chi connectivity index (χ1) is 19.1. The number of allylic oxidation sites excluding steroid dienone is 2. The third-order valence-electron chi connectivity index (χ3n) is 9.29. The van der Waals surface area contributed by atoms with Crippen LogP contribution in [-0.2, 0) is 17.6 Å². The largest absolute Gasteiger partial charge is 0.481 e. The molecule has 1 aliphatic carbocycles. The van der Waals surface area contributed by atoms with Crippen LogP contribution < -0.4 is 10.7 Å². The second kappa shape index (κ2) is 9.51. The SMILES string of the molecule is C=Cc1c(C)c2[nH]c1=Cc1[nH]c(c(CC)c1C)Cc1[nH]c3c(c1C)C(=O)CC3=C1N=C(C=2)[C@@H](C)[C@@H]1CCC(=O)O. The molecule has 2 aliphatic heterocycles. The van der Waals surface area contributed by atoms with Gasteiger partial charge in [0.05, 0.1) is 11.4 Å². The van der Waals surface area contributed by atoms with Crippen LogP contribution in [0, 0.1) is 32.6 Å². The highest BCUT2D eigenvalue weighted by atomic mass is 16.4. The number of carbonyl (C=O) groups is 2. The van der Waals surface area contributed by atoms with E-state index in [1.54, 1.807) is 0 Å². The first kappa shape index (κ1) is 26.1. The first-order valence-corrected chi connectivity index (χ1v) is 14.2. The molecule has 6 rings (SSSR count). The quantitative estimate of drug-likeness (QED) is 0.372. The molecule has 3 aromatic heterocycles. The summed E-state index contributed by atoms with van der Waals surface area (Å²) >= 11 is 0. The lowest BCUT2D eigenvalue weighted by Gasteiger charge is -2.17. The molecule has 7 nitrogen and oxygen atoms in total. The van der Waals surface area contributed by atoms with Crippen LogP contribution in [-0.4, -0.2) is 37.5 Å². The highest BCUT2D eigenvalue weighted by molar-refractivity contribution is 6.16. The van der Waals surface area contributed by atoms with Crippen LogP contribution in [0.15, 0.2) is 17.3 Å². The van der Waals surface area contributed by atoms with Crippen molar-refractivity contribution in [3.05, 3.63) is 79.1 Å². The number of ketones is 1. The van der Waals surface area contributed by atoms with Crippen LogP contribution in [0.25, 0.3) is 23.8 Å². The van der Waals surface area contributed by atoms with Gasteiger partial charge in [0, 0.05) is 81.3 Å². The minimum atomic E-state index is -0.822. The summed E-state index contributed by atoms with van der Waals surface area (Å²) in [6.07, 6.45) is 8.52. The van der Waals surface area contributed by atoms with E-state index in [1.807, 2.05) is 13.0 Å². The lowest BCUT2D eigenvalue weighted by atomic mass is 9.85. The summed E-state index contributed by atoms with van der Waals surface area (Å²) in [6.45, 7) is 14.7. The third-order valence-corrected chi connectivity index (χ3v) is 9.29. The Morgan fingerprint density at radius 2 is 1.85 bits per heavy atom. The predicted octanol–water partition coefficient (Wildman–Crippen LogP) is 4.88. The summed E-state index contributed by atoms with van der Waals surface area (Å²) in [5.41, 5.74) is 13.1. The van der Waals surface area contributed by atoms with Crippen LogP contribution in [0.4, 0.5) is 0 Å². The molecular formula is C33H36N4O3. The summed E-state index contributed by atoms with van der Waals surface area (Å²) in [7, 11) is 0. The second-order valence-corrected chi connectivity index (χ2v) is 11.4. The fourth-order valence-corrected chi connectivity index (χ4v) is 6.98. The molecular weight excluding hydrogens is 500 g/mol. The number of aromatic nitrogens is 3. The normalized spacial score (nSPS) is 19.5. The smallest absolute Gasteiger partial charge is 0.303 e. The zero-order valence-corrected chi connectivity index (χ0v) is 23.8. The number of hydrogen-bond donors (Lipinski definition) is 4. The molecule has 0 saturated heterocycles. The maximum absolute atomic E-state index is 13.4. The van der Waals surface area contributed by atoms with Gasteiger partial charge in [-0.25, -0.2) is 0 Å². The van der Waals surface area contributed by atoms with E-state index in [-0.39, 0.29) is 30.5 Å². The summed E-state index contributed by atoms with van der Waals surface area (Å²) in [5, 5.41) is 11.4. The maximum atomic E-state index is 13.4. The number of carbonyl (C=O) groups excluding carboxylic acids is 1. The molecule has 0 saturated carbocycles. The van der Waals surface area contributed by atoms with Crippen molar-refractivity contribution >= 4 is 41.3 Å². The summed E-state index contributed by atoms with van der Waals surface area (Å²) in [5.74, 6) is -0.797. The number of rotatable bonds is 5. The molecule has 4 N–H and O–H groups in total. The van der Waals surface area contributed by atoms with Crippen LogP contribution in [0.1, 0.15) is 94.1 Å². The number of fused-ring (bicyclic) bond motifs is 6. The van der Waals surface area contributed by atoms with E-state index < -0.39 is 5.97 Å². The molecule has 206 valence electrons. The number of H-pyrrole nitrogens is 3. The maximum Gasteiger partial charge on any atom is 0.303 e. The Morgan fingerprint density at radius 3 is 2.55 bits per heavy atom. The van der Waals surface area contributed by atoms with Crippen molar-refractivity contribution in [3.63, 3.8) is 0 Å². The van der Waals surface area contributed by atoms with E-state index in [4.69, 9.17) is 4.99 Å². The monoisotopic (exact) mass is 536 g/mol. The van der Waals surface area contributed by atoms with Gasteiger partial charge < -0.3 is 20.1 Å². The molecule has 2 atom stereocenters. The van der Waals surface area contributed by atoms with Gasteiger partial charge in [0.2, 0.25) is 0 Å². The predicted molar refractivity (Wildman–Crippen MR) is 159 cm³/mol. The van der Waals surface area contributed by atoms with Gasteiger partial charge in [-0.2, -0.15) is 0 Å². The Labute approximate surface area is 233 Å². The van der Waals surface area contributed by atoms with Crippen LogP contribution in [0.2, 0.25) is 0 Å². The van der Waals surface area contributed by atoms with E-state index in [1.165, 1.54) is 11.1 Å². The number of aliphatic carboxylic acids is 1. The van der Waals surface area contributed by atoms with Gasteiger partial charge in [-0.05, 0) is 68.0 Å². The fraction of sp³-hybridized carbons (Fsp3) is 0.364. The topological polar surface area (TPSA) is 114 Å². The van der Waals surface area contributed by atoms with Crippen LogP contribution in [0.5, 0.6) is 0 Å². The number of aliphatic imine (C=N–C) groups is 1. The third kappa shape index (κ3) is 3.90. The minimum absolute atomic E-state index is 0.00873. The molecule has 40 heavy (non-hydrogen) atoms. The van der Waals surface area contributed by atoms with E-state index in [9.17, 15) is 14.7 Å². The number of nitrogens with zero attached hydrogens (tertiary/aromatic N) is 1. The Balaban J connectivity index is 1.67. The summed E-state index contributed by atoms with van der Waals surface area (Å²) < 4.78 is 0. The van der Waals surface area contributed by atoms with Crippen LogP contribution >= 0.6 is 0 Å². The van der Waals surface area contributed by atoms with E-state index in [0.29, 0.717) is 12.8 Å². The van der Waals surface area contributed by atoms with Crippen molar-refractivity contribution in [3.8, 4) is 0 Å². The molecule has 8 bridgehead atoms. The summed E-state index contributed by atoms with van der Waals surface area (Å²) in [6, 6.07) is 0. The molecule has 3 aromatic rings. The van der Waals surface area contributed by atoms with Gasteiger partial charge in [-0.3, -0.25) is 14.6 Å². The van der Waals surface area contributed by atoms with E-state index in [2.05, 4.69) is 61.4 Å². The van der Waals surface area contributed by atoms with Crippen molar-refractivity contribution in [1.29, 1.82) is 0 Å². The average Bonchev–Trinajstić information content (AvgIpc) is 3.65. The number of carboxylic acid groups (broad SMARTS) is 1. The molecule has 0 unspecified atom stereocenters. The molecule has 7 heteroatoms. The second-order valence-electron chi connectivity index (χ2n) is 11.4. The van der Waals surface area contributed by atoms with Gasteiger partial charge >= 0.3 is 5.97 Å². The summed E-state index contributed by atoms with van der Waals surface area (Å²) in [4.78, 5) is 41.0.